The monoisotopic (exact) mass is 401 g/mol. The van der Waals surface area contributed by atoms with Crippen molar-refractivity contribution in [2.45, 2.75) is 52.4 Å². The van der Waals surface area contributed by atoms with Gasteiger partial charge in [0.2, 0.25) is 0 Å². The van der Waals surface area contributed by atoms with Crippen LogP contribution in [0.5, 0.6) is 5.75 Å². The van der Waals surface area contributed by atoms with Gasteiger partial charge in [-0.25, -0.2) is 4.99 Å². The van der Waals surface area contributed by atoms with E-state index in [1.54, 1.807) is 24.3 Å². The van der Waals surface area contributed by atoms with Crippen LogP contribution in [0.1, 0.15) is 58.2 Å². The van der Waals surface area contributed by atoms with Gasteiger partial charge in [0.25, 0.3) is 5.91 Å². The first-order valence-corrected chi connectivity index (χ1v) is 9.98. The molecule has 3 rings (SSSR count). The molecule has 30 heavy (non-hydrogen) atoms. The number of carbonyl (C=O) groups excluding carboxylic acids is 1. The van der Waals surface area contributed by atoms with E-state index in [2.05, 4.69) is 16.1 Å². The molecule has 1 N–H and O–H groups in total. The van der Waals surface area contributed by atoms with E-state index in [0.717, 1.165) is 16.7 Å². The van der Waals surface area contributed by atoms with E-state index < -0.39 is 5.92 Å². The predicted molar refractivity (Wildman–Crippen MR) is 121 cm³/mol. The molecule has 1 heterocycles. The number of phenolic OH excluding ortho intramolecular Hbond substituents is 1. The summed E-state index contributed by atoms with van der Waals surface area (Å²) in [6, 6.07) is 5.90. The van der Waals surface area contributed by atoms with Crippen LogP contribution in [-0.2, 0) is 15.6 Å². The summed E-state index contributed by atoms with van der Waals surface area (Å²) >= 11 is 0. The molecule has 154 valence electrons. The van der Waals surface area contributed by atoms with Gasteiger partial charge < -0.3 is 5.11 Å². The molecule has 1 aliphatic heterocycles. The van der Waals surface area contributed by atoms with Crippen LogP contribution in [0.4, 0.5) is 0 Å². The molecule has 1 aromatic carbocycles. The summed E-state index contributed by atoms with van der Waals surface area (Å²) in [4.78, 5) is 20.9. The quantitative estimate of drug-likeness (QED) is 0.706. The van der Waals surface area contributed by atoms with Gasteiger partial charge in [0.1, 0.15) is 17.7 Å². The SMILES string of the molecule is CC(C)(C)c1cc(/C=C(\C#N)C2=NC(=O)C3C=CC=CC3=N2)cc(C(C)(C)C)c1O. The molecule has 5 nitrogen and oxygen atoms in total. The molecule has 0 fully saturated rings. The van der Waals surface area contributed by atoms with Crippen molar-refractivity contribution in [3.63, 3.8) is 0 Å². The Labute approximate surface area is 177 Å². The number of nitriles is 1. The minimum atomic E-state index is -0.479. The van der Waals surface area contributed by atoms with Gasteiger partial charge in [-0.05, 0) is 40.7 Å². The number of hydrogen-bond acceptors (Lipinski definition) is 4. The zero-order chi connectivity index (χ0) is 22.3. The van der Waals surface area contributed by atoms with E-state index in [-0.39, 0.29) is 33.9 Å². The predicted octanol–water partition coefficient (Wildman–Crippen LogP) is 5.02. The molecule has 0 saturated heterocycles. The Morgan fingerprint density at radius 2 is 1.67 bits per heavy atom. The molecular weight excluding hydrogens is 374 g/mol. The van der Waals surface area contributed by atoms with Crippen molar-refractivity contribution in [2.75, 3.05) is 0 Å². The molecule has 1 aliphatic carbocycles. The van der Waals surface area contributed by atoms with Crippen LogP contribution in [0.25, 0.3) is 6.08 Å². The van der Waals surface area contributed by atoms with Crippen LogP contribution in [0.15, 0.2) is 52.0 Å². The van der Waals surface area contributed by atoms with Crippen molar-refractivity contribution in [2.24, 2.45) is 15.9 Å². The van der Waals surface area contributed by atoms with Crippen molar-refractivity contribution in [3.8, 4) is 11.8 Å². The standard InChI is InChI=1S/C25H27N3O2/c1-24(2,3)18-12-15(13-19(21(18)29)25(4,5)6)11-16(14-26)22-27-20-10-8-7-9-17(20)23(30)28-22/h7-13,17,29H,1-6H3/b16-11+. The molecule has 0 saturated carbocycles. The normalized spacial score (nSPS) is 19.2. The minimum Gasteiger partial charge on any atom is -0.507 e. The fraction of sp³-hybridized carbons (Fsp3) is 0.360. The summed E-state index contributed by atoms with van der Waals surface area (Å²) < 4.78 is 0. The largest absolute Gasteiger partial charge is 0.507 e. The number of aliphatic imine (C=N–C) groups is 2. The average Bonchev–Trinajstić information content (AvgIpc) is 2.65. The van der Waals surface area contributed by atoms with Crippen LogP contribution in [0.2, 0.25) is 0 Å². The zero-order valence-electron chi connectivity index (χ0n) is 18.3. The first-order chi connectivity index (χ1) is 13.9. The molecule has 1 atom stereocenters. The lowest BCUT2D eigenvalue weighted by Gasteiger charge is -2.28. The van der Waals surface area contributed by atoms with Crippen molar-refractivity contribution in [3.05, 3.63) is 58.7 Å². The van der Waals surface area contributed by atoms with Gasteiger partial charge in [-0.3, -0.25) is 4.79 Å². The fourth-order valence-electron chi connectivity index (χ4n) is 3.49. The summed E-state index contributed by atoms with van der Waals surface area (Å²) in [5.74, 6) is -0.407. The Morgan fingerprint density at radius 1 is 1.07 bits per heavy atom. The van der Waals surface area contributed by atoms with Crippen molar-refractivity contribution < 1.29 is 9.90 Å². The Hall–Kier alpha value is -3.26. The molecule has 1 amide bonds. The highest BCUT2D eigenvalue weighted by molar-refractivity contribution is 6.26. The number of aromatic hydroxyl groups is 1. The molecule has 2 aliphatic rings. The Kier molecular flexibility index (Phi) is 5.38. The van der Waals surface area contributed by atoms with Gasteiger partial charge in [0.05, 0.1) is 11.3 Å². The van der Waals surface area contributed by atoms with E-state index in [0.29, 0.717) is 5.71 Å². The number of allylic oxidation sites excluding steroid dienone is 3. The van der Waals surface area contributed by atoms with E-state index in [1.165, 1.54) is 0 Å². The number of hydrogen-bond donors (Lipinski definition) is 1. The topological polar surface area (TPSA) is 85.8 Å². The highest BCUT2D eigenvalue weighted by Gasteiger charge is 2.29. The molecule has 1 aromatic rings. The third kappa shape index (κ3) is 4.18. The van der Waals surface area contributed by atoms with Gasteiger partial charge in [-0.15, -0.1) is 0 Å². The average molecular weight is 402 g/mol. The van der Waals surface area contributed by atoms with Crippen LogP contribution in [-0.4, -0.2) is 22.6 Å². The van der Waals surface area contributed by atoms with Gasteiger partial charge >= 0.3 is 0 Å². The Morgan fingerprint density at radius 3 is 2.20 bits per heavy atom. The summed E-state index contributed by atoms with van der Waals surface area (Å²) in [5, 5.41) is 20.7. The Balaban J connectivity index is 2.14. The summed E-state index contributed by atoms with van der Waals surface area (Å²) in [6.45, 7) is 12.2. The molecule has 5 heteroatoms. The molecule has 0 spiro atoms. The third-order valence-electron chi connectivity index (χ3n) is 5.14. The number of benzene rings is 1. The maximum Gasteiger partial charge on any atom is 0.260 e. The molecular formula is C25H27N3O2. The number of nitrogens with zero attached hydrogens (tertiary/aromatic N) is 3. The highest BCUT2D eigenvalue weighted by atomic mass is 16.3. The second-order valence-electron chi connectivity index (χ2n) is 9.67. The number of amidine groups is 1. The van der Waals surface area contributed by atoms with Gasteiger partial charge in [0, 0.05) is 11.1 Å². The smallest absolute Gasteiger partial charge is 0.260 e. The number of phenols is 1. The first kappa shape index (κ1) is 21.4. The van der Waals surface area contributed by atoms with E-state index in [1.807, 2.05) is 59.8 Å². The molecule has 1 unspecified atom stereocenters. The van der Waals surface area contributed by atoms with E-state index in [4.69, 9.17) is 0 Å². The lowest BCUT2D eigenvalue weighted by atomic mass is 9.78. The van der Waals surface area contributed by atoms with Gasteiger partial charge in [0.15, 0.2) is 5.84 Å². The first-order valence-electron chi connectivity index (χ1n) is 9.98. The number of carbonyl (C=O) groups is 1. The lowest BCUT2D eigenvalue weighted by molar-refractivity contribution is -0.118. The lowest BCUT2D eigenvalue weighted by Crippen LogP contribution is -2.27. The van der Waals surface area contributed by atoms with Crippen molar-refractivity contribution in [1.29, 1.82) is 5.26 Å². The minimum absolute atomic E-state index is 0.122. The van der Waals surface area contributed by atoms with Gasteiger partial charge in [-0.1, -0.05) is 59.8 Å². The zero-order valence-corrected chi connectivity index (χ0v) is 18.3. The van der Waals surface area contributed by atoms with Crippen LogP contribution in [0, 0.1) is 17.2 Å². The summed E-state index contributed by atoms with van der Waals surface area (Å²) in [5.41, 5.74) is 2.58. The van der Waals surface area contributed by atoms with E-state index in [9.17, 15) is 15.2 Å². The van der Waals surface area contributed by atoms with Crippen LogP contribution in [0.3, 0.4) is 0 Å². The fourth-order valence-corrected chi connectivity index (χ4v) is 3.49. The van der Waals surface area contributed by atoms with Crippen LogP contribution >= 0.6 is 0 Å². The van der Waals surface area contributed by atoms with Crippen molar-refractivity contribution >= 4 is 23.5 Å². The summed E-state index contributed by atoms with van der Waals surface area (Å²) in [7, 11) is 0. The number of amides is 1. The van der Waals surface area contributed by atoms with Crippen molar-refractivity contribution in [1.82, 2.24) is 0 Å². The second-order valence-corrected chi connectivity index (χ2v) is 9.67. The maximum atomic E-state index is 12.4. The summed E-state index contributed by atoms with van der Waals surface area (Å²) in [6.07, 6.45) is 8.81. The van der Waals surface area contributed by atoms with E-state index >= 15 is 0 Å². The maximum absolute atomic E-state index is 12.4. The number of rotatable bonds is 2. The molecule has 0 radical (unpaired) electrons. The van der Waals surface area contributed by atoms with Gasteiger partial charge in [-0.2, -0.15) is 10.3 Å². The van der Waals surface area contributed by atoms with Crippen LogP contribution < -0.4 is 0 Å². The second kappa shape index (κ2) is 7.53. The highest BCUT2D eigenvalue weighted by Crippen LogP contribution is 2.40. The third-order valence-corrected chi connectivity index (χ3v) is 5.14. The molecule has 0 aromatic heterocycles. The Bertz CT molecular complexity index is 1060. The molecule has 0 bridgehead atoms. The number of fused-ring (bicyclic) bond motifs is 1.